The molecule has 1 fully saturated rings. The van der Waals surface area contributed by atoms with Crippen LogP contribution in [-0.4, -0.2) is 18.3 Å². The van der Waals surface area contributed by atoms with Crippen LogP contribution in [0.2, 0.25) is 0 Å². The van der Waals surface area contributed by atoms with Crippen LogP contribution in [0.25, 0.3) is 0 Å². The van der Waals surface area contributed by atoms with Gasteiger partial charge in [0.25, 0.3) is 0 Å². The number of halogens is 2. The number of aliphatic hydroxyl groups is 1. The summed E-state index contributed by atoms with van der Waals surface area (Å²) in [5.74, 6) is 0.900. The molecule has 15 heavy (non-hydrogen) atoms. The van der Waals surface area contributed by atoms with Gasteiger partial charge in [-0.2, -0.15) is 8.78 Å². The fourth-order valence-corrected chi connectivity index (χ4v) is 1.75. The van der Waals surface area contributed by atoms with E-state index in [1.54, 1.807) is 12.1 Å². The van der Waals surface area contributed by atoms with Crippen molar-refractivity contribution in [2.75, 3.05) is 6.61 Å². The quantitative estimate of drug-likeness (QED) is 0.833. The molecule has 1 aliphatic carbocycles. The second-order valence-electron chi connectivity index (χ2n) is 3.73. The summed E-state index contributed by atoms with van der Waals surface area (Å²) in [6.45, 7) is -2.58. The first kappa shape index (κ1) is 10.4. The predicted molar refractivity (Wildman–Crippen MR) is 51.0 cm³/mol. The molecule has 1 N–H and O–H groups in total. The highest BCUT2D eigenvalue weighted by Gasteiger charge is 2.37. The monoisotopic (exact) mass is 214 g/mol. The molecule has 0 bridgehead atoms. The third-order valence-corrected chi connectivity index (χ3v) is 2.69. The van der Waals surface area contributed by atoms with Gasteiger partial charge in [0.05, 0.1) is 0 Å². The lowest BCUT2D eigenvalue weighted by Crippen LogP contribution is -2.01. The second-order valence-corrected chi connectivity index (χ2v) is 3.73. The summed E-state index contributed by atoms with van der Waals surface area (Å²) >= 11 is 0. The van der Waals surface area contributed by atoms with E-state index < -0.39 is 6.61 Å². The van der Waals surface area contributed by atoms with Crippen molar-refractivity contribution < 1.29 is 18.6 Å². The normalized spacial score (nSPS) is 24.3. The Morgan fingerprint density at radius 3 is 2.47 bits per heavy atom. The molecule has 1 aromatic carbocycles. The van der Waals surface area contributed by atoms with Crippen LogP contribution in [0.4, 0.5) is 8.78 Å². The number of alkyl halides is 2. The Kier molecular flexibility index (Phi) is 2.86. The maximum absolute atomic E-state index is 11.9. The molecule has 2 atom stereocenters. The van der Waals surface area contributed by atoms with Crippen LogP contribution in [-0.2, 0) is 0 Å². The van der Waals surface area contributed by atoms with Gasteiger partial charge in [-0.25, -0.2) is 0 Å². The van der Waals surface area contributed by atoms with E-state index in [-0.39, 0.29) is 12.4 Å². The Morgan fingerprint density at radius 1 is 1.33 bits per heavy atom. The summed E-state index contributed by atoms with van der Waals surface area (Å²) in [6.07, 6.45) is 0.978. The van der Waals surface area contributed by atoms with Gasteiger partial charge < -0.3 is 9.84 Å². The van der Waals surface area contributed by atoms with Crippen LogP contribution >= 0.6 is 0 Å². The Morgan fingerprint density at radius 2 is 2.00 bits per heavy atom. The summed E-state index contributed by atoms with van der Waals surface area (Å²) in [7, 11) is 0. The summed E-state index contributed by atoms with van der Waals surface area (Å²) in [5, 5.41) is 8.89. The first-order chi connectivity index (χ1) is 7.20. The number of rotatable bonds is 4. The van der Waals surface area contributed by atoms with Gasteiger partial charge in [-0.05, 0) is 36.0 Å². The van der Waals surface area contributed by atoms with Crippen LogP contribution in [0.1, 0.15) is 17.9 Å². The number of benzene rings is 1. The molecule has 0 aliphatic heterocycles. The fourth-order valence-electron chi connectivity index (χ4n) is 1.75. The zero-order chi connectivity index (χ0) is 10.8. The van der Waals surface area contributed by atoms with Gasteiger partial charge in [-0.15, -0.1) is 0 Å². The summed E-state index contributed by atoms with van der Waals surface area (Å²) in [4.78, 5) is 0. The highest BCUT2D eigenvalue weighted by Crippen LogP contribution is 2.47. The van der Waals surface area contributed by atoms with E-state index in [1.807, 2.05) is 0 Å². The van der Waals surface area contributed by atoms with Crippen LogP contribution in [0, 0.1) is 5.92 Å². The first-order valence-electron chi connectivity index (χ1n) is 4.86. The van der Waals surface area contributed by atoms with Crippen LogP contribution in [0.5, 0.6) is 5.75 Å². The highest BCUT2D eigenvalue weighted by molar-refractivity contribution is 5.32. The standard InChI is InChI=1S/C11H12F2O2/c12-11(13)15-9-3-1-7(2-4-9)10-5-8(10)6-14/h1-4,8,10-11,14H,5-6H2/t8-,10+/m1/s1. The topological polar surface area (TPSA) is 29.5 Å². The van der Waals surface area contributed by atoms with E-state index in [0.717, 1.165) is 12.0 Å². The van der Waals surface area contributed by atoms with Crippen molar-refractivity contribution in [3.05, 3.63) is 29.8 Å². The number of aliphatic hydroxyl groups excluding tert-OH is 1. The zero-order valence-electron chi connectivity index (χ0n) is 8.07. The smallest absolute Gasteiger partial charge is 0.387 e. The van der Waals surface area contributed by atoms with Crippen LogP contribution in [0.3, 0.4) is 0 Å². The maximum Gasteiger partial charge on any atom is 0.387 e. The van der Waals surface area contributed by atoms with Gasteiger partial charge in [-0.1, -0.05) is 12.1 Å². The molecular formula is C11H12F2O2. The number of hydrogen-bond donors (Lipinski definition) is 1. The maximum atomic E-state index is 11.9. The zero-order valence-corrected chi connectivity index (χ0v) is 8.07. The third-order valence-electron chi connectivity index (χ3n) is 2.69. The van der Waals surface area contributed by atoms with Crippen molar-refractivity contribution in [3.63, 3.8) is 0 Å². The number of hydrogen-bond acceptors (Lipinski definition) is 2. The first-order valence-corrected chi connectivity index (χ1v) is 4.86. The fraction of sp³-hybridized carbons (Fsp3) is 0.455. The van der Waals surface area contributed by atoms with Gasteiger partial charge in [0, 0.05) is 6.61 Å². The average Bonchev–Trinajstić information content (AvgIpc) is 2.97. The molecular weight excluding hydrogens is 202 g/mol. The van der Waals surface area contributed by atoms with Crippen molar-refractivity contribution in [2.24, 2.45) is 5.92 Å². The van der Waals surface area contributed by atoms with Crippen molar-refractivity contribution in [2.45, 2.75) is 19.0 Å². The van der Waals surface area contributed by atoms with E-state index in [4.69, 9.17) is 5.11 Å². The Bertz CT molecular complexity index is 324. The van der Waals surface area contributed by atoms with Crippen molar-refractivity contribution in [1.82, 2.24) is 0 Å². The minimum Gasteiger partial charge on any atom is -0.435 e. The van der Waals surface area contributed by atoms with E-state index >= 15 is 0 Å². The van der Waals surface area contributed by atoms with Crippen LogP contribution < -0.4 is 4.74 Å². The molecule has 0 heterocycles. The second kappa shape index (κ2) is 4.14. The minimum absolute atomic E-state index is 0.176. The van der Waals surface area contributed by atoms with Gasteiger partial charge in [-0.3, -0.25) is 0 Å². The Hall–Kier alpha value is -1.16. The molecule has 4 heteroatoms. The average molecular weight is 214 g/mol. The van der Waals surface area contributed by atoms with Gasteiger partial charge in [0.15, 0.2) is 0 Å². The molecule has 0 amide bonds. The Labute approximate surface area is 86.5 Å². The van der Waals surface area contributed by atoms with Crippen molar-refractivity contribution in [1.29, 1.82) is 0 Å². The molecule has 0 unspecified atom stereocenters. The number of ether oxygens (including phenoxy) is 1. The van der Waals surface area contributed by atoms with E-state index in [0.29, 0.717) is 11.8 Å². The summed E-state index contributed by atoms with van der Waals surface area (Å²) < 4.78 is 27.9. The SMILES string of the molecule is OC[C@H]1C[C@H]1c1ccc(OC(F)F)cc1. The van der Waals surface area contributed by atoms with Gasteiger partial charge in [0.2, 0.25) is 0 Å². The summed E-state index contributed by atoms with van der Waals surface area (Å²) in [6, 6.07) is 6.62. The lowest BCUT2D eigenvalue weighted by molar-refractivity contribution is -0.0498. The third kappa shape index (κ3) is 2.45. The molecule has 0 saturated heterocycles. The molecule has 2 nitrogen and oxygen atoms in total. The van der Waals surface area contributed by atoms with Crippen LogP contribution in [0.15, 0.2) is 24.3 Å². The van der Waals surface area contributed by atoms with E-state index in [1.165, 1.54) is 12.1 Å². The van der Waals surface area contributed by atoms with E-state index in [9.17, 15) is 8.78 Å². The predicted octanol–water partition coefficient (Wildman–Crippen LogP) is 2.38. The molecule has 0 aromatic heterocycles. The lowest BCUT2D eigenvalue weighted by atomic mass is 10.1. The Balaban J connectivity index is 1.99. The lowest BCUT2D eigenvalue weighted by Gasteiger charge is -2.05. The van der Waals surface area contributed by atoms with E-state index in [2.05, 4.69) is 4.74 Å². The molecule has 1 aromatic rings. The highest BCUT2D eigenvalue weighted by atomic mass is 19.3. The molecule has 2 rings (SSSR count). The molecule has 82 valence electrons. The largest absolute Gasteiger partial charge is 0.435 e. The molecule has 1 aliphatic rings. The van der Waals surface area contributed by atoms with Gasteiger partial charge >= 0.3 is 6.61 Å². The minimum atomic E-state index is -2.78. The molecule has 1 saturated carbocycles. The molecule has 0 radical (unpaired) electrons. The van der Waals surface area contributed by atoms with Crippen molar-refractivity contribution >= 4 is 0 Å². The molecule has 0 spiro atoms. The van der Waals surface area contributed by atoms with Crippen molar-refractivity contribution in [3.8, 4) is 5.75 Å². The summed E-state index contributed by atoms with van der Waals surface area (Å²) in [5.41, 5.74) is 1.08. The van der Waals surface area contributed by atoms with Gasteiger partial charge in [0.1, 0.15) is 5.75 Å².